The number of piperidine rings is 1. The lowest BCUT2D eigenvalue weighted by atomic mass is 9.72. The van der Waals surface area contributed by atoms with Crippen molar-refractivity contribution in [3.8, 4) is 0 Å². The first-order valence-corrected chi connectivity index (χ1v) is 10.7. The fraction of sp³-hybridized carbons (Fsp3) is 0.500. The SMILES string of the molecule is COC(=O)CCN1CC2(C1)CN(c1cccc3c1C(=O)N(C1CCC(=O)NC1=O)C3=O)C2. The fourth-order valence-corrected chi connectivity index (χ4v) is 5.31. The number of rotatable bonds is 5. The van der Waals surface area contributed by atoms with Crippen LogP contribution in [0.15, 0.2) is 18.2 Å². The van der Waals surface area contributed by atoms with E-state index in [9.17, 15) is 24.0 Å². The zero-order valence-electron chi connectivity index (χ0n) is 17.8. The van der Waals surface area contributed by atoms with Gasteiger partial charge < -0.3 is 14.5 Å². The van der Waals surface area contributed by atoms with E-state index >= 15 is 0 Å². The van der Waals surface area contributed by atoms with Gasteiger partial charge in [-0.1, -0.05) is 6.07 Å². The van der Waals surface area contributed by atoms with E-state index in [-0.39, 0.29) is 24.2 Å². The number of hydrogen-bond donors (Lipinski definition) is 1. The highest BCUT2D eigenvalue weighted by molar-refractivity contribution is 6.25. The minimum Gasteiger partial charge on any atom is -0.469 e. The number of amides is 4. The molecule has 0 bridgehead atoms. The van der Waals surface area contributed by atoms with E-state index < -0.39 is 29.7 Å². The van der Waals surface area contributed by atoms with Crippen molar-refractivity contribution in [3.63, 3.8) is 0 Å². The number of carbonyl (C=O) groups is 5. The monoisotopic (exact) mass is 440 g/mol. The van der Waals surface area contributed by atoms with E-state index in [2.05, 4.69) is 19.9 Å². The van der Waals surface area contributed by atoms with Crippen LogP contribution in [0.3, 0.4) is 0 Å². The van der Waals surface area contributed by atoms with Crippen LogP contribution >= 0.6 is 0 Å². The minimum absolute atomic E-state index is 0.0950. The van der Waals surface area contributed by atoms with Crippen LogP contribution in [0, 0.1) is 5.41 Å². The van der Waals surface area contributed by atoms with Crippen molar-refractivity contribution in [2.75, 3.05) is 44.7 Å². The molecule has 4 amide bonds. The molecule has 10 heteroatoms. The quantitative estimate of drug-likeness (QED) is 0.493. The summed E-state index contributed by atoms with van der Waals surface area (Å²) in [5.74, 6) is -2.19. The number of likely N-dealkylation sites (tertiary alicyclic amines) is 1. The largest absolute Gasteiger partial charge is 0.469 e. The Hall–Kier alpha value is -3.27. The Morgan fingerprint density at radius 2 is 1.88 bits per heavy atom. The molecular formula is C22H24N4O6. The predicted octanol–water partition coefficient (Wildman–Crippen LogP) is -0.227. The highest BCUT2D eigenvalue weighted by Crippen LogP contribution is 2.44. The Labute approximate surface area is 184 Å². The molecule has 4 heterocycles. The van der Waals surface area contributed by atoms with Crippen molar-refractivity contribution in [2.24, 2.45) is 5.41 Å². The second-order valence-corrected chi connectivity index (χ2v) is 9.04. The molecular weight excluding hydrogens is 416 g/mol. The lowest BCUT2D eigenvalue weighted by Crippen LogP contribution is -2.72. The summed E-state index contributed by atoms with van der Waals surface area (Å²) in [6, 6.07) is 4.23. The summed E-state index contributed by atoms with van der Waals surface area (Å²) in [7, 11) is 1.38. The molecule has 4 aliphatic rings. The Kier molecular flexibility index (Phi) is 4.77. The van der Waals surface area contributed by atoms with Gasteiger partial charge in [0.05, 0.1) is 30.3 Å². The first-order valence-electron chi connectivity index (χ1n) is 10.7. The Balaban J connectivity index is 1.28. The van der Waals surface area contributed by atoms with E-state index in [1.165, 1.54) is 7.11 Å². The number of nitrogens with zero attached hydrogens (tertiary/aromatic N) is 3. The van der Waals surface area contributed by atoms with Gasteiger partial charge >= 0.3 is 5.97 Å². The molecule has 10 nitrogen and oxygen atoms in total. The summed E-state index contributed by atoms with van der Waals surface area (Å²) in [5, 5.41) is 2.22. The van der Waals surface area contributed by atoms with Crippen LogP contribution in [-0.2, 0) is 19.1 Å². The number of nitrogens with one attached hydrogen (secondary N) is 1. The van der Waals surface area contributed by atoms with Gasteiger partial charge in [-0.15, -0.1) is 0 Å². The van der Waals surface area contributed by atoms with Gasteiger partial charge in [-0.3, -0.25) is 34.2 Å². The number of fused-ring (bicyclic) bond motifs is 1. The molecule has 1 unspecified atom stereocenters. The van der Waals surface area contributed by atoms with Gasteiger partial charge in [-0.2, -0.15) is 0 Å². The van der Waals surface area contributed by atoms with E-state index in [1.54, 1.807) is 12.1 Å². The minimum atomic E-state index is -0.967. The van der Waals surface area contributed by atoms with Crippen LogP contribution in [0.5, 0.6) is 0 Å². The number of methoxy groups -OCH3 is 1. The lowest BCUT2D eigenvalue weighted by Gasteiger charge is -2.61. The standard InChI is InChI=1S/C22H24N4O6/c1-32-17(28)7-8-24-9-22(10-24)11-25(12-22)14-4-2-3-13-18(14)21(31)26(20(13)30)15-5-6-16(27)23-19(15)29/h2-4,15H,5-12H2,1H3,(H,23,27,29). The van der Waals surface area contributed by atoms with Crippen molar-refractivity contribution in [2.45, 2.75) is 25.3 Å². The predicted molar refractivity (Wildman–Crippen MR) is 111 cm³/mol. The summed E-state index contributed by atoms with van der Waals surface area (Å²) in [5.41, 5.74) is 1.47. The van der Waals surface area contributed by atoms with Crippen LogP contribution in [0.1, 0.15) is 40.0 Å². The first kappa shape index (κ1) is 20.6. The van der Waals surface area contributed by atoms with Gasteiger partial charge in [0.15, 0.2) is 0 Å². The summed E-state index contributed by atoms with van der Waals surface area (Å²) < 4.78 is 4.68. The summed E-state index contributed by atoms with van der Waals surface area (Å²) >= 11 is 0. The third-order valence-electron chi connectivity index (χ3n) is 6.82. The normalized spacial score (nSPS) is 24.2. The van der Waals surface area contributed by atoms with Gasteiger partial charge in [0.25, 0.3) is 11.8 Å². The van der Waals surface area contributed by atoms with Gasteiger partial charge in [0, 0.05) is 44.6 Å². The molecule has 1 atom stereocenters. The molecule has 168 valence electrons. The van der Waals surface area contributed by atoms with Crippen LogP contribution in [0.4, 0.5) is 5.69 Å². The van der Waals surface area contributed by atoms with Crippen molar-refractivity contribution < 1.29 is 28.7 Å². The maximum atomic E-state index is 13.2. The summed E-state index contributed by atoms with van der Waals surface area (Å²) in [6.07, 6.45) is 0.604. The zero-order chi connectivity index (χ0) is 22.6. The third kappa shape index (κ3) is 3.17. The average Bonchev–Trinajstić information content (AvgIpc) is 2.96. The van der Waals surface area contributed by atoms with Crippen LogP contribution < -0.4 is 10.2 Å². The number of ether oxygens (including phenoxy) is 1. The van der Waals surface area contributed by atoms with Gasteiger partial charge in [-0.25, -0.2) is 0 Å². The first-order chi connectivity index (χ1) is 15.3. The molecule has 1 aromatic carbocycles. The Morgan fingerprint density at radius 3 is 2.56 bits per heavy atom. The Morgan fingerprint density at radius 1 is 1.12 bits per heavy atom. The molecule has 0 aromatic heterocycles. The van der Waals surface area contributed by atoms with Crippen LogP contribution in [0.2, 0.25) is 0 Å². The molecule has 0 radical (unpaired) electrons. The maximum Gasteiger partial charge on any atom is 0.306 e. The maximum absolute atomic E-state index is 13.2. The molecule has 1 spiro atoms. The van der Waals surface area contributed by atoms with Crippen molar-refractivity contribution >= 4 is 35.3 Å². The third-order valence-corrected chi connectivity index (χ3v) is 6.82. The topological polar surface area (TPSA) is 116 Å². The number of carbonyl (C=O) groups excluding carboxylic acids is 5. The smallest absolute Gasteiger partial charge is 0.306 e. The molecule has 0 aliphatic carbocycles. The van der Waals surface area contributed by atoms with Crippen LogP contribution in [-0.4, -0.2) is 85.3 Å². The number of imide groups is 2. The molecule has 32 heavy (non-hydrogen) atoms. The highest BCUT2D eigenvalue weighted by atomic mass is 16.5. The molecule has 1 N–H and O–H groups in total. The van der Waals surface area contributed by atoms with Gasteiger partial charge in [-0.05, 0) is 18.6 Å². The van der Waals surface area contributed by atoms with E-state index in [0.29, 0.717) is 29.8 Å². The van der Waals surface area contributed by atoms with Crippen molar-refractivity contribution in [1.82, 2.24) is 15.1 Å². The number of hydrogen-bond acceptors (Lipinski definition) is 8. The van der Waals surface area contributed by atoms with E-state index in [4.69, 9.17) is 0 Å². The molecule has 3 saturated heterocycles. The molecule has 0 saturated carbocycles. The molecule has 1 aromatic rings. The van der Waals surface area contributed by atoms with Crippen molar-refractivity contribution in [1.29, 1.82) is 0 Å². The van der Waals surface area contributed by atoms with Crippen LogP contribution in [0.25, 0.3) is 0 Å². The van der Waals surface area contributed by atoms with Gasteiger partial charge in [0.2, 0.25) is 11.8 Å². The molecule has 5 rings (SSSR count). The summed E-state index contributed by atoms with van der Waals surface area (Å²) in [6.45, 7) is 3.95. The van der Waals surface area contributed by atoms with Crippen molar-refractivity contribution in [3.05, 3.63) is 29.3 Å². The number of anilines is 1. The number of esters is 1. The average molecular weight is 440 g/mol. The van der Waals surface area contributed by atoms with E-state index in [1.807, 2.05) is 6.07 Å². The number of benzene rings is 1. The molecule has 4 aliphatic heterocycles. The van der Waals surface area contributed by atoms with E-state index in [0.717, 1.165) is 31.1 Å². The Bertz CT molecular complexity index is 1040. The van der Waals surface area contributed by atoms with Gasteiger partial charge in [0.1, 0.15) is 6.04 Å². The highest BCUT2D eigenvalue weighted by Gasteiger charge is 2.53. The summed E-state index contributed by atoms with van der Waals surface area (Å²) in [4.78, 5) is 66.6. The second kappa shape index (κ2) is 7.40. The fourth-order valence-electron chi connectivity index (χ4n) is 5.31. The molecule has 3 fully saturated rings. The second-order valence-electron chi connectivity index (χ2n) is 9.04. The zero-order valence-corrected chi connectivity index (χ0v) is 17.8. The lowest BCUT2D eigenvalue weighted by molar-refractivity contribution is -0.142.